The SMILES string of the molecule is CC(C)[C@H]1CN(C(=O)[C@H](c2cccs2)N(C(=O)CCl)c2cccc(C(F)(F)F)c2)CCN1.Cl. The number of piperazine rings is 1. The molecule has 0 unspecified atom stereocenters. The number of anilines is 1. The van der Waals surface area contributed by atoms with Gasteiger partial charge in [-0.2, -0.15) is 13.2 Å². The van der Waals surface area contributed by atoms with Gasteiger partial charge in [0.15, 0.2) is 0 Å². The Hall–Kier alpha value is -1.81. The summed E-state index contributed by atoms with van der Waals surface area (Å²) in [5, 5.41) is 5.14. The fraction of sp³-hybridized carbons (Fsp3) is 0.455. The van der Waals surface area contributed by atoms with E-state index in [1.165, 1.54) is 23.5 Å². The maximum Gasteiger partial charge on any atom is 0.416 e. The summed E-state index contributed by atoms with van der Waals surface area (Å²) < 4.78 is 40.0. The van der Waals surface area contributed by atoms with E-state index in [1.54, 1.807) is 22.4 Å². The van der Waals surface area contributed by atoms with Crippen LogP contribution in [0.4, 0.5) is 18.9 Å². The van der Waals surface area contributed by atoms with E-state index in [4.69, 9.17) is 11.6 Å². The molecule has 0 spiro atoms. The number of hydrogen-bond donors (Lipinski definition) is 1. The lowest BCUT2D eigenvalue weighted by Gasteiger charge is -2.39. The first-order valence-corrected chi connectivity index (χ1v) is 11.7. The summed E-state index contributed by atoms with van der Waals surface area (Å²) in [5.41, 5.74) is -0.922. The van der Waals surface area contributed by atoms with Crippen LogP contribution in [0, 0.1) is 5.92 Å². The predicted molar refractivity (Wildman–Crippen MR) is 127 cm³/mol. The van der Waals surface area contributed by atoms with Gasteiger partial charge >= 0.3 is 6.18 Å². The molecule has 0 bridgehead atoms. The molecule has 0 saturated carbocycles. The lowest BCUT2D eigenvalue weighted by atomic mass is 10.0. The zero-order chi connectivity index (χ0) is 23.5. The van der Waals surface area contributed by atoms with Crippen molar-refractivity contribution >= 4 is 52.8 Å². The Morgan fingerprint density at radius 1 is 1.27 bits per heavy atom. The third-order valence-corrected chi connectivity index (χ3v) is 6.61. The Balaban J connectivity index is 0.00000385. The standard InChI is InChI=1S/C22H25ClF3N3O2S.ClH/c1-14(2)17-13-28(9-8-27-17)21(31)20(18-7-4-10-32-18)29(19(30)12-23)16-6-3-5-15(11-16)22(24,25)26;/h3-7,10-11,14,17,20,27H,8-9,12-13H2,1-2H3;1H/t17-,20+;/m1./s1. The average Bonchev–Trinajstić information content (AvgIpc) is 3.30. The molecule has 2 aromatic rings. The smallest absolute Gasteiger partial charge is 0.338 e. The van der Waals surface area contributed by atoms with Gasteiger partial charge in [0.2, 0.25) is 5.91 Å². The van der Waals surface area contributed by atoms with Crippen molar-refractivity contribution in [3.05, 3.63) is 52.2 Å². The molecule has 2 amide bonds. The van der Waals surface area contributed by atoms with E-state index < -0.39 is 29.6 Å². The lowest BCUT2D eigenvalue weighted by Crippen LogP contribution is -2.57. The molecule has 1 N–H and O–H groups in total. The minimum absolute atomic E-state index is 0. The second kappa shape index (κ2) is 11.6. The van der Waals surface area contributed by atoms with Crippen molar-refractivity contribution < 1.29 is 22.8 Å². The number of thiophene rings is 1. The molecule has 1 aliphatic rings. The number of alkyl halides is 4. The van der Waals surface area contributed by atoms with E-state index in [9.17, 15) is 22.8 Å². The summed E-state index contributed by atoms with van der Waals surface area (Å²) in [6, 6.07) is 6.86. The van der Waals surface area contributed by atoms with Crippen LogP contribution in [0.2, 0.25) is 0 Å². The number of benzene rings is 1. The Bertz CT molecular complexity index is 941. The van der Waals surface area contributed by atoms with E-state index in [0.29, 0.717) is 24.5 Å². The van der Waals surface area contributed by atoms with Crippen molar-refractivity contribution in [2.45, 2.75) is 32.1 Å². The summed E-state index contributed by atoms with van der Waals surface area (Å²) in [7, 11) is 0. The van der Waals surface area contributed by atoms with Crippen molar-refractivity contribution in [2.24, 2.45) is 5.92 Å². The molecule has 5 nitrogen and oxygen atoms in total. The van der Waals surface area contributed by atoms with Crippen LogP contribution in [-0.4, -0.2) is 48.3 Å². The second-order valence-corrected chi connectivity index (χ2v) is 9.20. The molecule has 0 aliphatic carbocycles. The van der Waals surface area contributed by atoms with Crippen LogP contribution in [0.5, 0.6) is 0 Å². The first kappa shape index (κ1) is 27.4. The van der Waals surface area contributed by atoms with E-state index in [-0.39, 0.29) is 36.0 Å². The Labute approximate surface area is 206 Å². The maximum absolute atomic E-state index is 13.7. The Morgan fingerprint density at radius 3 is 2.58 bits per heavy atom. The molecule has 2 heterocycles. The number of rotatable bonds is 6. The predicted octanol–water partition coefficient (Wildman–Crippen LogP) is 4.96. The molecule has 2 atom stereocenters. The van der Waals surface area contributed by atoms with Gasteiger partial charge in [0, 0.05) is 36.2 Å². The van der Waals surface area contributed by atoms with E-state index >= 15 is 0 Å². The fourth-order valence-electron chi connectivity index (χ4n) is 3.74. The summed E-state index contributed by atoms with van der Waals surface area (Å²) in [6.45, 7) is 5.58. The van der Waals surface area contributed by atoms with Crippen LogP contribution in [-0.2, 0) is 15.8 Å². The first-order chi connectivity index (χ1) is 15.1. The number of hydrogen-bond acceptors (Lipinski definition) is 4. The third-order valence-electron chi connectivity index (χ3n) is 5.46. The zero-order valence-electron chi connectivity index (χ0n) is 18.1. The Kier molecular flexibility index (Phi) is 9.60. The number of halogens is 5. The minimum atomic E-state index is -4.59. The number of nitrogens with one attached hydrogen (secondary N) is 1. The van der Waals surface area contributed by atoms with Gasteiger partial charge in [-0.25, -0.2) is 0 Å². The van der Waals surface area contributed by atoms with Crippen molar-refractivity contribution in [1.82, 2.24) is 10.2 Å². The average molecular weight is 524 g/mol. The molecule has 0 radical (unpaired) electrons. The first-order valence-electron chi connectivity index (χ1n) is 10.2. The molecule has 1 saturated heterocycles. The summed E-state index contributed by atoms with van der Waals surface area (Å²) in [6.07, 6.45) is -4.59. The Morgan fingerprint density at radius 2 is 2.00 bits per heavy atom. The zero-order valence-corrected chi connectivity index (χ0v) is 20.5. The van der Waals surface area contributed by atoms with E-state index in [2.05, 4.69) is 5.32 Å². The lowest BCUT2D eigenvalue weighted by molar-refractivity contribution is -0.137. The molecule has 1 aromatic heterocycles. The van der Waals surface area contributed by atoms with Crippen LogP contribution in [0.25, 0.3) is 0 Å². The van der Waals surface area contributed by atoms with Crippen molar-refractivity contribution in [2.75, 3.05) is 30.4 Å². The topological polar surface area (TPSA) is 52.7 Å². The van der Waals surface area contributed by atoms with Crippen molar-refractivity contribution in [3.8, 4) is 0 Å². The van der Waals surface area contributed by atoms with E-state index in [1.807, 2.05) is 13.8 Å². The quantitative estimate of drug-likeness (QED) is 0.544. The van der Waals surface area contributed by atoms with Gasteiger partial charge in [-0.3, -0.25) is 14.5 Å². The second-order valence-electron chi connectivity index (χ2n) is 7.95. The summed E-state index contributed by atoms with van der Waals surface area (Å²) >= 11 is 7.11. The molecule has 3 rings (SSSR count). The van der Waals surface area contributed by atoms with Gasteiger partial charge in [0.1, 0.15) is 11.9 Å². The summed E-state index contributed by atoms with van der Waals surface area (Å²) in [5.74, 6) is -1.17. The number of amides is 2. The minimum Gasteiger partial charge on any atom is -0.338 e. The highest BCUT2D eigenvalue weighted by molar-refractivity contribution is 7.10. The highest BCUT2D eigenvalue weighted by atomic mass is 35.5. The van der Waals surface area contributed by atoms with Crippen molar-refractivity contribution in [3.63, 3.8) is 0 Å². The van der Waals surface area contributed by atoms with Gasteiger partial charge in [0.25, 0.3) is 5.91 Å². The van der Waals surface area contributed by atoms with Crippen LogP contribution in [0.3, 0.4) is 0 Å². The molecular formula is C22H26Cl2F3N3O2S. The largest absolute Gasteiger partial charge is 0.416 e. The molecule has 11 heteroatoms. The molecule has 1 aliphatic heterocycles. The van der Waals surface area contributed by atoms with Crippen LogP contribution >= 0.6 is 35.3 Å². The van der Waals surface area contributed by atoms with Crippen LogP contribution < -0.4 is 10.2 Å². The molecule has 1 fully saturated rings. The summed E-state index contributed by atoms with van der Waals surface area (Å²) in [4.78, 5) is 30.0. The maximum atomic E-state index is 13.7. The van der Waals surface area contributed by atoms with Gasteiger partial charge < -0.3 is 10.2 Å². The molecule has 182 valence electrons. The number of nitrogens with zero attached hydrogens (tertiary/aromatic N) is 2. The molecular weight excluding hydrogens is 498 g/mol. The highest BCUT2D eigenvalue weighted by Gasteiger charge is 2.39. The van der Waals surface area contributed by atoms with Gasteiger partial charge in [-0.15, -0.1) is 35.3 Å². The normalized spacial score (nSPS) is 17.4. The van der Waals surface area contributed by atoms with Gasteiger partial charge in [-0.1, -0.05) is 26.0 Å². The number of carbonyl (C=O) groups excluding carboxylic acids is 2. The fourth-order valence-corrected chi connectivity index (χ4v) is 4.67. The molecule has 1 aromatic carbocycles. The number of carbonyl (C=O) groups is 2. The van der Waals surface area contributed by atoms with Crippen LogP contribution in [0.15, 0.2) is 41.8 Å². The molecule has 33 heavy (non-hydrogen) atoms. The monoisotopic (exact) mass is 523 g/mol. The van der Waals surface area contributed by atoms with Gasteiger partial charge in [-0.05, 0) is 35.6 Å². The van der Waals surface area contributed by atoms with Crippen molar-refractivity contribution in [1.29, 1.82) is 0 Å². The third kappa shape index (κ3) is 6.41. The van der Waals surface area contributed by atoms with E-state index in [0.717, 1.165) is 17.0 Å². The highest BCUT2D eigenvalue weighted by Crippen LogP contribution is 2.36. The van der Waals surface area contributed by atoms with Gasteiger partial charge in [0.05, 0.1) is 5.56 Å². The van der Waals surface area contributed by atoms with Crippen LogP contribution in [0.1, 0.15) is 30.3 Å².